The summed E-state index contributed by atoms with van der Waals surface area (Å²) in [4.78, 5) is 0. The van der Waals surface area contributed by atoms with E-state index in [-0.39, 0.29) is 28.9 Å². The number of aromatic hydroxyl groups is 4. The van der Waals surface area contributed by atoms with E-state index in [1.807, 2.05) is 12.1 Å². The number of methoxy groups -OCH3 is 2. The molecule has 2 aliphatic heterocycles. The number of phenols is 4. The first kappa shape index (κ1) is 25.3. The lowest BCUT2D eigenvalue weighted by atomic mass is 9.86. The monoisotopic (exact) mass is 540 g/mol. The van der Waals surface area contributed by atoms with Crippen LogP contribution in [-0.2, 0) is 12.8 Å². The van der Waals surface area contributed by atoms with Crippen LogP contribution in [0.1, 0.15) is 33.7 Å². The third kappa shape index (κ3) is 4.47. The number of hydrogen-bond acceptors (Lipinski definition) is 8. The van der Waals surface area contributed by atoms with Gasteiger partial charge in [0.05, 0.1) is 26.4 Å². The van der Waals surface area contributed by atoms with Crippen LogP contribution in [0.15, 0.2) is 66.7 Å². The Morgan fingerprint density at radius 3 is 2.15 bits per heavy atom. The molecule has 2 heterocycles. The summed E-state index contributed by atoms with van der Waals surface area (Å²) in [6.45, 7) is 0.347. The molecule has 4 aromatic carbocycles. The van der Waals surface area contributed by atoms with Crippen molar-refractivity contribution in [1.82, 2.24) is 0 Å². The van der Waals surface area contributed by atoms with Gasteiger partial charge in [-0.1, -0.05) is 12.1 Å². The summed E-state index contributed by atoms with van der Waals surface area (Å²) in [5.41, 5.74) is 4.04. The second kappa shape index (κ2) is 9.96. The lowest BCUT2D eigenvalue weighted by Gasteiger charge is -2.29. The van der Waals surface area contributed by atoms with Crippen LogP contribution < -0.4 is 18.9 Å². The van der Waals surface area contributed by atoms with E-state index in [9.17, 15) is 20.4 Å². The average molecular weight is 541 g/mol. The molecule has 4 N–H and O–H groups in total. The average Bonchev–Trinajstić information content (AvgIpc) is 2.96. The first-order valence-corrected chi connectivity index (χ1v) is 12.8. The summed E-state index contributed by atoms with van der Waals surface area (Å²) in [6.07, 6.45) is 0.955. The molecule has 0 unspecified atom stereocenters. The number of ether oxygens (including phenoxy) is 4. The summed E-state index contributed by atoms with van der Waals surface area (Å²) in [6, 6.07) is 18.5. The SMILES string of the molecule is COc1ccc(C2=C(c3cc4c(cc3O)OC[C@@H](c3ccc(OC)cc3O)C4)Cc3ccc(O)cc3O2)c(O)c1. The topological polar surface area (TPSA) is 118 Å². The number of allylic oxidation sites excluding steroid dienone is 1. The maximum absolute atomic E-state index is 11.2. The summed E-state index contributed by atoms with van der Waals surface area (Å²) in [5, 5.41) is 42.7. The van der Waals surface area contributed by atoms with Crippen LogP contribution in [0.25, 0.3) is 11.3 Å². The first-order chi connectivity index (χ1) is 19.3. The van der Waals surface area contributed by atoms with Gasteiger partial charge in [0.1, 0.15) is 51.8 Å². The van der Waals surface area contributed by atoms with Gasteiger partial charge in [-0.3, -0.25) is 0 Å². The summed E-state index contributed by atoms with van der Waals surface area (Å²) < 4.78 is 22.8. The number of phenolic OH excluding ortho intramolecular Hbond substituents is 4. The van der Waals surface area contributed by atoms with Gasteiger partial charge in [-0.15, -0.1) is 0 Å². The molecular weight excluding hydrogens is 512 g/mol. The van der Waals surface area contributed by atoms with E-state index in [2.05, 4.69) is 0 Å². The van der Waals surface area contributed by atoms with Crippen molar-refractivity contribution >= 4 is 11.3 Å². The zero-order valence-electron chi connectivity index (χ0n) is 22.0. The molecule has 8 nitrogen and oxygen atoms in total. The highest BCUT2D eigenvalue weighted by molar-refractivity contribution is 5.94. The summed E-state index contributed by atoms with van der Waals surface area (Å²) in [7, 11) is 3.06. The first-order valence-electron chi connectivity index (χ1n) is 12.8. The van der Waals surface area contributed by atoms with Crippen LogP contribution in [0.4, 0.5) is 0 Å². The Hall–Kier alpha value is -4.98. The van der Waals surface area contributed by atoms with Gasteiger partial charge < -0.3 is 39.4 Å². The molecule has 0 saturated carbocycles. The van der Waals surface area contributed by atoms with Crippen LogP contribution in [-0.4, -0.2) is 41.3 Å². The van der Waals surface area contributed by atoms with Gasteiger partial charge in [-0.05, 0) is 47.9 Å². The van der Waals surface area contributed by atoms with Crippen molar-refractivity contribution < 1.29 is 39.4 Å². The Balaban J connectivity index is 1.45. The molecule has 0 aromatic heterocycles. The molecule has 0 aliphatic carbocycles. The molecule has 0 radical (unpaired) electrons. The van der Waals surface area contributed by atoms with Gasteiger partial charge in [0.2, 0.25) is 0 Å². The van der Waals surface area contributed by atoms with Crippen LogP contribution in [0.5, 0.6) is 46.0 Å². The number of rotatable bonds is 5. The van der Waals surface area contributed by atoms with E-state index in [0.717, 1.165) is 16.7 Å². The van der Waals surface area contributed by atoms with Crippen molar-refractivity contribution in [3.05, 3.63) is 94.5 Å². The van der Waals surface area contributed by atoms with Crippen LogP contribution >= 0.6 is 0 Å². The Morgan fingerprint density at radius 2 is 1.43 bits per heavy atom. The van der Waals surface area contributed by atoms with E-state index >= 15 is 0 Å². The lowest BCUT2D eigenvalue weighted by Crippen LogP contribution is -2.20. The fourth-order valence-electron chi connectivity index (χ4n) is 5.35. The van der Waals surface area contributed by atoms with Gasteiger partial charge in [0.15, 0.2) is 0 Å². The minimum atomic E-state index is -0.110. The number of fused-ring (bicyclic) bond motifs is 2. The minimum Gasteiger partial charge on any atom is -0.508 e. The van der Waals surface area contributed by atoms with E-state index < -0.39 is 0 Å². The van der Waals surface area contributed by atoms with Gasteiger partial charge in [0, 0.05) is 53.3 Å². The molecule has 6 rings (SSSR count). The number of hydrogen-bond donors (Lipinski definition) is 4. The molecule has 0 amide bonds. The van der Waals surface area contributed by atoms with Crippen LogP contribution in [0.2, 0.25) is 0 Å². The molecule has 1 atom stereocenters. The minimum absolute atomic E-state index is 0.0100. The van der Waals surface area contributed by atoms with Gasteiger partial charge in [0.25, 0.3) is 0 Å². The van der Waals surface area contributed by atoms with Crippen LogP contribution in [0.3, 0.4) is 0 Å². The van der Waals surface area contributed by atoms with Crippen molar-refractivity contribution in [2.45, 2.75) is 18.8 Å². The van der Waals surface area contributed by atoms with Crippen molar-refractivity contribution in [3.8, 4) is 46.0 Å². The standard InChI is InChI=1S/C32H28O8/c1-37-21-5-7-23(27(34)13-21)19-9-18-11-25(29(36)15-30(18)39-16-19)26-10-17-3-4-20(33)12-31(17)40-32(26)24-8-6-22(38-2)14-28(24)35/h3-8,11-15,19,33-36H,9-10,16H2,1-2H3/t19-/m0/s1. The molecule has 2 aliphatic rings. The van der Waals surface area contributed by atoms with Gasteiger partial charge >= 0.3 is 0 Å². The Labute approximate surface area is 230 Å². The van der Waals surface area contributed by atoms with Crippen molar-refractivity contribution in [2.75, 3.05) is 20.8 Å². The van der Waals surface area contributed by atoms with E-state index in [1.165, 1.54) is 19.2 Å². The highest BCUT2D eigenvalue weighted by atomic mass is 16.5. The zero-order valence-corrected chi connectivity index (χ0v) is 22.0. The van der Waals surface area contributed by atoms with Crippen LogP contribution in [0, 0.1) is 0 Å². The zero-order chi connectivity index (χ0) is 28.0. The maximum atomic E-state index is 11.2. The fraction of sp³-hybridized carbons (Fsp3) is 0.188. The van der Waals surface area contributed by atoms with Crippen molar-refractivity contribution in [1.29, 1.82) is 0 Å². The highest BCUT2D eigenvalue weighted by Crippen LogP contribution is 2.47. The van der Waals surface area contributed by atoms with E-state index in [1.54, 1.807) is 49.6 Å². The highest BCUT2D eigenvalue weighted by Gasteiger charge is 2.30. The summed E-state index contributed by atoms with van der Waals surface area (Å²) in [5.74, 6) is 2.49. The third-order valence-corrected chi connectivity index (χ3v) is 7.44. The van der Waals surface area contributed by atoms with Gasteiger partial charge in [-0.2, -0.15) is 0 Å². The molecule has 0 spiro atoms. The molecule has 204 valence electrons. The lowest BCUT2D eigenvalue weighted by molar-refractivity contribution is 0.258. The molecular formula is C32H28O8. The second-order valence-corrected chi connectivity index (χ2v) is 9.88. The third-order valence-electron chi connectivity index (χ3n) is 7.44. The predicted octanol–water partition coefficient (Wildman–Crippen LogP) is 5.75. The Bertz CT molecular complexity index is 1660. The molecule has 0 fully saturated rings. The molecule has 40 heavy (non-hydrogen) atoms. The van der Waals surface area contributed by atoms with Crippen molar-refractivity contribution in [3.63, 3.8) is 0 Å². The summed E-state index contributed by atoms with van der Waals surface area (Å²) >= 11 is 0. The molecule has 4 aromatic rings. The fourth-order valence-corrected chi connectivity index (χ4v) is 5.35. The Morgan fingerprint density at radius 1 is 0.700 bits per heavy atom. The van der Waals surface area contributed by atoms with Crippen molar-refractivity contribution in [2.24, 2.45) is 0 Å². The normalized spacial score (nSPS) is 15.9. The quantitative estimate of drug-likeness (QED) is 0.253. The molecule has 8 heteroatoms. The molecule has 0 saturated heterocycles. The largest absolute Gasteiger partial charge is 0.508 e. The Kier molecular flexibility index (Phi) is 6.30. The molecule has 0 bridgehead atoms. The maximum Gasteiger partial charge on any atom is 0.142 e. The number of benzene rings is 4. The second-order valence-electron chi connectivity index (χ2n) is 9.88. The van der Waals surface area contributed by atoms with E-state index in [4.69, 9.17) is 18.9 Å². The predicted molar refractivity (Wildman–Crippen MR) is 149 cm³/mol. The van der Waals surface area contributed by atoms with Gasteiger partial charge in [-0.25, -0.2) is 0 Å². The van der Waals surface area contributed by atoms with E-state index in [0.29, 0.717) is 64.9 Å². The smallest absolute Gasteiger partial charge is 0.142 e.